The highest BCUT2D eigenvalue weighted by Crippen LogP contribution is 2.17. The van der Waals surface area contributed by atoms with Crippen LogP contribution in [0.1, 0.15) is 54.0 Å². The Labute approximate surface area is 189 Å². The van der Waals surface area contributed by atoms with Crippen molar-refractivity contribution in [3.05, 3.63) is 65.2 Å². The summed E-state index contributed by atoms with van der Waals surface area (Å²) in [4.78, 5) is 41.2. The Morgan fingerprint density at radius 2 is 1.44 bits per heavy atom. The SMILES string of the molecule is CCc1ccc(C(=O)N2CCN(C(=O)c3cccc(NC(=O)OC(C)(C)C)c3)CC2)cc1. The molecule has 2 aromatic rings. The van der Waals surface area contributed by atoms with E-state index in [1.807, 2.05) is 24.3 Å². The second-order valence-electron chi connectivity index (χ2n) is 8.84. The summed E-state index contributed by atoms with van der Waals surface area (Å²) in [5.74, 6) is -0.138. The topological polar surface area (TPSA) is 79.0 Å². The first-order valence-corrected chi connectivity index (χ1v) is 10.9. The summed E-state index contributed by atoms with van der Waals surface area (Å²) in [7, 11) is 0. The second-order valence-corrected chi connectivity index (χ2v) is 8.84. The summed E-state index contributed by atoms with van der Waals surface area (Å²) in [5, 5.41) is 2.66. The number of piperazine rings is 1. The lowest BCUT2D eigenvalue weighted by Crippen LogP contribution is -2.50. The molecule has 1 heterocycles. The largest absolute Gasteiger partial charge is 0.444 e. The second kappa shape index (κ2) is 9.85. The van der Waals surface area contributed by atoms with Gasteiger partial charge in [0.1, 0.15) is 5.60 Å². The Morgan fingerprint density at radius 3 is 1.97 bits per heavy atom. The molecule has 0 atom stereocenters. The number of hydrogen-bond donors (Lipinski definition) is 1. The van der Waals surface area contributed by atoms with E-state index in [1.165, 1.54) is 5.56 Å². The molecule has 0 spiro atoms. The third-order valence-corrected chi connectivity index (χ3v) is 5.22. The van der Waals surface area contributed by atoms with E-state index in [1.54, 1.807) is 54.8 Å². The van der Waals surface area contributed by atoms with Crippen LogP contribution in [-0.4, -0.2) is 59.5 Å². The maximum absolute atomic E-state index is 13.0. The summed E-state index contributed by atoms with van der Waals surface area (Å²) in [6, 6.07) is 14.5. The number of anilines is 1. The summed E-state index contributed by atoms with van der Waals surface area (Å²) in [6.45, 7) is 9.33. The number of ether oxygens (including phenoxy) is 1. The van der Waals surface area contributed by atoms with Crippen LogP contribution in [-0.2, 0) is 11.2 Å². The van der Waals surface area contributed by atoms with Gasteiger partial charge in [0.05, 0.1) is 0 Å². The minimum Gasteiger partial charge on any atom is -0.444 e. The van der Waals surface area contributed by atoms with Crippen LogP contribution in [0.15, 0.2) is 48.5 Å². The zero-order chi connectivity index (χ0) is 23.3. The average molecular weight is 438 g/mol. The van der Waals surface area contributed by atoms with Crippen LogP contribution in [0, 0.1) is 0 Å². The molecule has 1 saturated heterocycles. The fourth-order valence-corrected chi connectivity index (χ4v) is 3.51. The van der Waals surface area contributed by atoms with Gasteiger partial charge in [-0.3, -0.25) is 14.9 Å². The Morgan fingerprint density at radius 1 is 0.875 bits per heavy atom. The van der Waals surface area contributed by atoms with E-state index in [4.69, 9.17) is 4.74 Å². The molecule has 0 aromatic heterocycles. The zero-order valence-corrected chi connectivity index (χ0v) is 19.2. The number of benzene rings is 2. The summed E-state index contributed by atoms with van der Waals surface area (Å²) in [5.41, 5.74) is 2.23. The van der Waals surface area contributed by atoms with Crippen molar-refractivity contribution in [1.82, 2.24) is 9.80 Å². The Hall–Kier alpha value is -3.35. The first kappa shape index (κ1) is 23.3. The highest BCUT2D eigenvalue weighted by Gasteiger charge is 2.26. The number of carbonyl (C=O) groups is 3. The molecule has 3 rings (SSSR count). The van der Waals surface area contributed by atoms with E-state index in [0.717, 1.165) is 6.42 Å². The van der Waals surface area contributed by atoms with Crippen molar-refractivity contribution in [3.8, 4) is 0 Å². The molecule has 0 bridgehead atoms. The highest BCUT2D eigenvalue weighted by atomic mass is 16.6. The molecular formula is C25H31N3O4. The molecule has 170 valence electrons. The number of nitrogens with one attached hydrogen (secondary N) is 1. The lowest BCUT2D eigenvalue weighted by molar-refractivity contribution is 0.0535. The minimum atomic E-state index is -0.605. The molecule has 0 radical (unpaired) electrons. The maximum atomic E-state index is 13.0. The van der Waals surface area contributed by atoms with Gasteiger partial charge in [0, 0.05) is 43.0 Å². The van der Waals surface area contributed by atoms with E-state index in [2.05, 4.69) is 12.2 Å². The summed E-state index contributed by atoms with van der Waals surface area (Å²) < 4.78 is 5.26. The van der Waals surface area contributed by atoms with Crippen molar-refractivity contribution in [2.75, 3.05) is 31.5 Å². The highest BCUT2D eigenvalue weighted by molar-refractivity contribution is 5.97. The van der Waals surface area contributed by atoms with Gasteiger partial charge in [-0.15, -0.1) is 0 Å². The molecule has 32 heavy (non-hydrogen) atoms. The van der Waals surface area contributed by atoms with Crippen LogP contribution < -0.4 is 5.32 Å². The summed E-state index contributed by atoms with van der Waals surface area (Å²) >= 11 is 0. The molecule has 1 aliphatic rings. The molecular weight excluding hydrogens is 406 g/mol. The van der Waals surface area contributed by atoms with Gasteiger partial charge in [-0.2, -0.15) is 0 Å². The smallest absolute Gasteiger partial charge is 0.412 e. The molecule has 2 aromatic carbocycles. The maximum Gasteiger partial charge on any atom is 0.412 e. The van der Waals surface area contributed by atoms with Crippen molar-refractivity contribution in [3.63, 3.8) is 0 Å². The predicted molar refractivity (Wildman–Crippen MR) is 124 cm³/mol. The molecule has 1 N–H and O–H groups in total. The van der Waals surface area contributed by atoms with Crippen LogP contribution in [0.2, 0.25) is 0 Å². The number of aryl methyl sites for hydroxylation is 1. The van der Waals surface area contributed by atoms with E-state index in [9.17, 15) is 14.4 Å². The third kappa shape index (κ3) is 6.09. The van der Waals surface area contributed by atoms with Gasteiger partial charge in [-0.05, 0) is 63.1 Å². The third-order valence-electron chi connectivity index (χ3n) is 5.22. The fraction of sp³-hybridized carbons (Fsp3) is 0.400. The van der Waals surface area contributed by atoms with E-state index >= 15 is 0 Å². The van der Waals surface area contributed by atoms with Crippen LogP contribution in [0.25, 0.3) is 0 Å². The van der Waals surface area contributed by atoms with Crippen LogP contribution >= 0.6 is 0 Å². The van der Waals surface area contributed by atoms with Gasteiger partial charge in [0.25, 0.3) is 11.8 Å². The van der Waals surface area contributed by atoms with Crippen LogP contribution in [0.5, 0.6) is 0 Å². The van der Waals surface area contributed by atoms with Crippen molar-refractivity contribution in [2.45, 2.75) is 39.7 Å². The molecule has 0 unspecified atom stereocenters. The van der Waals surface area contributed by atoms with Gasteiger partial charge in [0.15, 0.2) is 0 Å². The normalized spacial score (nSPS) is 14.1. The van der Waals surface area contributed by atoms with Gasteiger partial charge in [0.2, 0.25) is 0 Å². The molecule has 1 fully saturated rings. The molecule has 0 saturated carbocycles. The lowest BCUT2D eigenvalue weighted by atomic mass is 10.1. The number of carbonyl (C=O) groups excluding carboxylic acids is 3. The first-order valence-electron chi connectivity index (χ1n) is 10.9. The van der Waals surface area contributed by atoms with Crippen LogP contribution in [0.4, 0.5) is 10.5 Å². The number of hydrogen-bond acceptors (Lipinski definition) is 4. The van der Waals surface area contributed by atoms with Crippen LogP contribution in [0.3, 0.4) is 0 Å². The van der Waals surface area contributed by atoms with Gasteiger partial charge < -0.3 is 14.5 Å². The van der Waals surface area contributed by atoms with Gasteiger partial charge in [-0.25, -0.2) is 4.79 Å². The van der Waals surface area contributed by atoms with Crippen molar-refractivity contribution < 1.29 is 19.1 Å². The Kier molecular flexibility index (Phi) is 7.18. The van der Waals surface area contributed by atoms with E-state index in [0.29, 0.717) is 43.0 Å². The minimum absolute atomic E-state index is 0.0108. The standard InChI is InChI=1S/C25H31N3O4/c1-5-18-9-11-19(12-10-18)22(29)27-13-15-28(16-14-27)23(30)20-7-6-8-21(17-20)26-24(31)32-25(2,3)4/h6-12,17H,5,13-16H2,1-4H3,(H,26,31). The number of nitrogens with zero attached hydrogens (tertiary/aromatic N) is 2. The fourth-order valence-electron chi connectivity index (χ4n) is 3.51. The van der Waals surface area contributed by atoms with Crippen molar-refractivity contribution in [2.24, 2.45) is 0 Å². The Balaban J connectivity index is 1.58. The van der Waals surface area contributed by atoms with Gasteiger partial charge in [-0.1, -0.05) is 25.1 Å². The quantitative estimate of drug-likeness (QED) is 0.778. The molecule has 7 nitrogen and oxygen atoms in total. The zero-order valence-electron chi connectivity index (χ0n) is 19.2. The summed E-state index contributed by atoms with van der Waals surface area (Å²) in [6.07, 6.45) is 0.366. The monoisotopic (exact) mass is 437 g/mol. The average Bonchev–Trinajstić information content (AvgIpc) is 2.77. The molecule has 7 heteroatoms. The Bertz CT molecular complexity index is 971. The molecule has 1 aliphatic heterocycles. The van der Waals surface area contributed by atoms with Crippen molar-refractivity contribution in [1.29, 1.82) is 0 Å². The molecule has 0 aliphatic carbocycles. The predicted octanol–water partition coefficient (Wildman–Crippen LogP) is 4.19. The first-order chi connectivity index (χ1) is 15.2. The lowest BCUT2D eigenvalue weighted by Gasteiger charge is -2.35. The number of rotatable bonds is 4. The van der Waals surface area contributed by atoms with Gasteiger partial charge >= 0.3 is 6.09 Å². The van der Waals surface area contributed by atoms with E-state index < -0.39 is 11.7 Å². The van der Waals surface area contributed by atoms with E-state index in [-0.39, 0.29) is 11.8 Å². The molecule has 3 amide bonds. The van der Waals surface area contributed by atoms with Crippen molar-refractivity contribution >= 4 is 23.6 Å². The number of amides is 3.